The van der Waals surface area contributed by atoms with Gasteiger partial charge in [0.05, 0.1) is 0 Å². The standard InChI is InChI=1S/Ca.Cd.2Cr.Cu.H2O4S.8O/c;;;;;1-5(2,3)4;;;;;;;;/h;;;;;(H2,1,2,3,4);;;;;;;;/q2*+2;;;+2;;;;;;4*-1/p-2. The van der Waals surface area contributed by atoms with Crippen molar-refractivity contribution in [2.75, 3.05) is 0 Å². The Hall–Kier alpha value is 2.68. The second-order valence-corrected chi connectivity index (χ2v) is 4.59. The van der Waals surface area contributed by atoms with E-state index in [1.165, 1.54) is 0 Å². The fourth-order valence-corrected chi connectivity index (χ4v) is 0. The Morgan fingerprint density at radius 2 is 0.722 bits per heavy atom. The third-order valence-corrected chi connectivity index (χ3v) is 0. The summed E-state index contributed by atoms with van der Waals surface area (Å²) >= 11 is -11.5. The summed E-state index contributed by atoms with van der Waals surface area (Å²) in [4.78, 5) is 0. The van der Waals surface area contributed by atoms with Crippen LogP contribution in [0.2, 0.25) is 0 Å². The van der Waals surface area contributed by atoms with Crippen LogP contribution in [0.1, 0.15) is 0 Å². The Balaban J connectivity index is -0.0000000277. The van der Waals surface area contributed by atoms with Crippen molar-refractivity contribution in [2.24, 2.45) is 0 Å². The molecule has 0 bridgehead atoms. The number of hydrogen-bond donors (Lipinski definition) is 0. The summed E-state index contributed by atoms with van der Waals surface area (Å²) in [6, 6.07) is 0. The molecule has 12 nitrogen and oxygen atoms in total. The maximum absolute atomic E-state index is 8.59. The maximum atomic E-state index is 8.59. The van der Waals surface area contributed by atoms with Crippen LogP contribution >= 0.6 is 0 Å². The van der Waals surface area contributed by atoms with E-state index in [1.54, 1.807) is 0 Å². The molecule has 0 aromatic heterocycles. The summed E-state index contributed by atoms with van der Waals surface area (Å²) in [5, 5.41) is 0. The van der Waals surface area contributed by atoms with E-state index in [9.17, 15) is 0 Å². The molecule has 0 saturated heterocycles. The van der Waals surface area contributed by atoms with Gasteiger partial charge in [-0.2, -0.15) is 0 Å². The van der Waals surface area contributed by atoms with Crippen LogP contribution in [0, 0.1) is 0 Å². The first-order chi connectivity index (χ1) is 6.00. The van der Waals surface area contributed by atoms with Crippen molar-refractivity contribution in [2.45, 2.75) is 0 Å². The van der Waals surface area contributed by atoms with Gasteiger partial charge in [0.25, 0.3) is 0 Å². The first kappa shape index (κ1) is 37.2. The van der Waals surface area contributed by atoms with Gasteiger partial charge in [0.2, 0.25) is 0 Å². The monoisotopic (exact) mass is 545 g/mol. The SMILES string of the molecule is O=S(=O)([O-])[O-].[Ca+2].[Cd+2].[Cu+2].[O]=[Cr](=[O])([O-])[O-].[O]=[Cr](=[O])([O-])[O-]. The molecule has 0 unspecified atom stereocenters. The van der Waals surface area contributed by atoms with E-state index in [4.69, 9.17) is 49.4 Å². The van der Waals surface area contributed by atoms with Gasteiger partial charge in [0, 0.05) is 10.4 Å². The minimum absolute atomic E-state index is 0. The summed E-state index contributed by atoms with van der Waals surface area (Å²) < 4.78 is 103. The Bertz CT molecular complexity index is 351. The summed E-state index contributed by atoms with van der Waals surface area (Å²) in [5.41, 5.74) is 0. The third-order valence-electron chi connectivity index (χ3n) is 0. The zero-order valence-corrected chi connectivity index (χ0v) is 18.4. The van der Waals surface area contributed by atoms with Crippen molar-refractivity contribution < 1.29 is 121 Å². The van der Waals surface area contributed by atoms with E-state index in [1.807, 2.05) is 0 Å². The molecule has 0 aromatic carbocycles. The summed E-state index contributed by atoms with van der Waals surface area (Å²) in [7, 11) is -5.17. The second kappa shape index (κ2) is 16.1. The van der Waals surface area contributed by atoms with Gasteiger partial charge in [-0.15, -0.1) is 0 Å². The van der Waals surface area contributed by atoms with Crippen LogP contribution in [0.15, 0.2) is 0 Å². The van der Waals surface area contributed by atoms with E-state index >= 15 is 0 Å². The van der Waals surface area contributed by atoms with E-state index in [2.05, 4.69) is 0 Å². The third kappa shape index (κ3) is 815. The normalized spacial score (nSPS) is 9.67. The van der Waals surface area contributed by atoms with Crippen molar-refractivity contribution in [1.29, 1.82) is 0 Å². The zero-order chi connectivity index (χ0) is 13.5. The van der Waals surface area contributed by atoms with E-state index < -0.39 is 37.6 Å². The van der Waals surface area contributed by atoms with Gasteiger partial charge < -0.3 is 9.11 Å². The van der Waals surface area contributed by atoms with Crippen molar-refractivity contribution in [3.63, 3.8) is 0 Å². The molecule has 0 aliphatic rings. The molecule has 0 atom stereocenters. The van der Waals surface area contributed by atoms with Crippen LogP contribution in [-0.4, -0.2) is 55.3 Å². The van der Waals surface area contributed by atoms with Gasteiger partial charge in [0.1, 0.15) is 0 Å². The topological polar surface area (TPSA) is 241 Å². The molecule has 0 heterocycles. The summed E-state index contributed by atoms with van der Waals surface area (Å²) in [6.07, 6.45) is 0. The predicted octanol–water partition coefficient (Wildman–Crippen LogP) is -6.96. The molecule has 0 saturated carbocycles. The minimum atomic E-state index is -5.75. The van der Waals surface area contributed by atoms with E-state index in [-0.39, 0.29) is 82.1 Å². The van der Waals surface area contributed by atoms with Crippen LogP contribution < -0.4 is 16.6 Å². The molecule has 18 heteroatoms. The van der Waals surface area contributed by atoms with Crippen LogP contribution in [0.5, 0.6) is 0 Å². The zero-order valence-electron chi connectivity index (χ0n) is 7.84. The van der Waals surface area contributed by atoms with Crippen LogP contribution in [0.25, 0.3) is 0 Å². The molecule has 1 radical (unpaired) electrons. The molecule has 105 valence electrons. The molecule has 0 N–H and O–H groups in total. The van der Waals surface area contributed by atoms with Gasteiger partial charge in [0.15, 0.2) is 0 Å². The molecule has 0 aliphatic heterocycles. The van der Waals surface area contributed by atoms with Crippen molar-refractivity contribution >= 4 is 48.1 Å². The summed E-state index contributed by atoms with van der Waals surface area (Å²) in [6.45, 7) is 0. The van der Waals surface area contributed by atoms with Crippen LogP contribution in [0.3, 0.4) is 0 Å². The fourth-order valence-electron chi connectivity index (χ4n) is 0. The number of hydrogen-bond acceptors (Lipinski definition) is 12. The van der Waals surface area contributed by atoms with Crippen LogP contribution in [0.4, 0.5) is 0 Å². The average molecular weight is 544 g/mol. The quantitative estimate of drug-likeness (QED) is 0.157. The van der Waals surface area contributed by atoms with Gasteiger partial charge in [-0.05, 0) is 0 Å². The van der Waals surface area contributed by atoms with E-state index in [0.717, 1.165) is 0 Å². The van der Waals surface area contributed by atoms with Gasteiger partial charge in [-0.25, -0.2) is 0 Å². The molecule has 0 rings (SSSR count). The Kier molecular flexibility index (Phi) is 33.1. The first-order valence-electron chi connectivity index (χ1n) is 2.00. The molecule has 0 amide bonds. The Morgan fingerprint density at radius 3 is 0.722 bits per heavy atom. The second-order valence-electron chi connectivity index (χ2n) is 1.22. The van der Waals surface area contributed by atoms with Gasteiger partial charge in [-0.3, -0.25) is 8.42 Å². The van der Waals surface area contributed by atoms with E-state index in [0.29, 0.717) is 0 Å². The molecule has 0 aliphatic carbocycles. The molecule has 0 spiro atoms. The van der Waals surface area contributed by atoms with Crippen molar-refractivity contribution in [1.82, 2.24) is 0 Å². The predicted molar refractivity (Wildman–Crippen MR) is 19.0 cm³/mol. The molecule has 0 fully saturated rings. The molecular formula is CaCdCr2CuO12S. The fraction of sp³-hybridized carbons (Fsp3) is 0. The van der Waals surface area contributed by atoms with Crippen molar-refractivity contribution in [3.8, 4) is 0 Å². The van der Waals surface area contributed by atoms with Crippen LogP contribution in [-0.2, 0) is 97.2 Å². The Morgan fingerprint density at radius 1 is 0.722 bits per heavy atom. The number of rotatable bonds is 0. The average Bonchev–Trinajstić information content (AvgIpc) is 1.41. The molecule has 0 aromatic rings. The van der Waals surface area contributed by atoms with Crippen molar-refractivity contribution in [3.05, 3.63) is 0 Å². The van der Waals surface area contributed by atoms with Gasteiger partial charge >= 0.3 is 141 Å². The first-order valence-corrected chi connectivity index (χ1v) is 7.50. The molecule has 18 heavy (non-hydrogen) atoms. The van der Waals surface area contributed by atoms with Gasteiger partial charge in [-0.1, -0.05) is 0 Å². The molecular weight excluding hydrogens is 544 g/mol. The summed E-state index contributed by atoms with van der Waals surface area (Å²) in [5.74, 6) is 0. The Labute approximate surface area is 166 Å².